The molecular formula is C14H23NO4S. The molecule has 1 aliphatic rings. The van der Waals surface area contributed by atoms with E-state index >= 15 is 0 Å². The van der Waals surface area contributed by atoms with Crippen molar-refractivity contribution >= 4 is 10.0 Å². The molecule has 0 aliphatic heterocycles. The minimum Gasteiger partial charge on any atom is -0.465 e. The first-order valence-electron chi connectivity index (χ1n) is 7.17. The van der Waals surface area contributed by atoms with Crippen LogP contribution in [-0.2, 0) is 16.6 Å². The Morgan fingerprint density at radius 3 is 2.30 bits per heavy atom. The zero-order valence-corrected chi connectivity index (χ0v) is 12.9. The smallest absolute Gasteiger partial charge is 0.244 e. The molecule has 0 amide bonds. The maximum Gasteiger partial charge on any atom is 0.244 e. The number of aryl methyl sites for hydroxylation is 2. The van der Waals surface area contributed by atoms with Crippen LogP contribution in [0.3, 0.4) is 0 Å². The van der Waals surface area contributed by atoms with Crippen LogP contribution in [0.1, 0.15) is 55.6 Å². The summed E-state index contributed by atoms with van der Waals surface area (Å²) in [7, 11) is -3.63. The molecule has 0 saturated heterocycles. The van der Waals surface area contributed by atoms with Gasteiger partial charge in [0.1, 0.15) is 16.4 Å². The van der Waals surface area contributed by atoms with E-state index in [-0.39, 0.29) is 17.5 Å². The van der Waals surface area contributed by atoms with Crippen LogP contribution in [0.2, 0.25) is 0 Å². The quantitative estimate of drug-likeness (QED) is 0.837. The number of hydrogen-bond acceptors (Lipinski definition) is 4. The van der Waals surface area contributed by atoms with E-state index < -0.39 is 10.0 Å². The van der Waals surface area contributed by atoms with Crippen LogP contribution in [0.5, 0.6) is 0 Å². The zero-order chi connectivity index (χ0) is 14.8. The van der Waals surface area contributed by atoms with Crippen LogP contribution in [0.25, 0.3) is 0 Å². The number of aliphatic hydroxyl groups excluding tert-OH is 1. The molecule has 1 aromatic rings. The van der Waals surface area contributed by atoms with E-state index in [9.17, 15) is 13.5 Å². The Bertz CT molecular complexity index is 554. The van der Waals surface area contributed by atoms with E-state index in [4.69, 9.17) is 4.42 Å². The van der Waals surface area contributed by atoms with Gasteiger partial charge in [0.25, 0.3) is 0 Å². The van der Waals surface area contributed by atoms with E-state index in [0.717, 1.165) is 25.7 Å². The molecule has 0 atom stereocenters. The fraction of sp³-hybridized carbons (Fsp3) is 0.714. The van der Waals surface area contributed by atoms with Gasteiger partial charge in [0.15, 0.2) is 0 Å². The number of rotatable bonds is 4. The molecule has 2 rings (SSSR count). The van der Waals surface area contributed by atoms with Crippen molar-refractivity contribution in [1.29, 1.82) is 0 Å². The third kappa shape index (κ3) is 3.24. The predicted molar refractivity (Wildman–Crippen MR) is 75.9 cm³/mol. The summed E-state index contributed by atoms with van der Waals surface area (Å²) in [6.07, 6.45) is 6.22. The Balaban J connectivity index is 2.26. The molecule has 1 saturated carbocycles. The summed E-state index contributed by atoms with van der Waals surface area (Å²) in [6.45, 7) is 2.96. The first kappa shape index (κ1) is 15.5. The maximum absolute atomic E-state index is 12.5. The summed E-state index contributed by atoms with van der Waals surface area (Å²) in [5.74, 6) is 0.805. The number of sulfonamides is 1. The molecule has 6 heteroatoms. The summed E-state index contributed by atoms with van der Waals surface area (Å²) in [5.41, 5.74) is 0.364. The second-order valence-electron chi connectivity index (χ2n) is 5.49. The van der Waals surface area contributed by atoms with Crippen molar-refractivity contribution in [2.45, 2.75) is 69.9 Å². The van der Waals surface area contributed by atoms with Crippen LogP contribution < -0.4 is 4.72 Å². The Kier molecular flexibility index (Phi) is 4.88. The summed E-state index contributed by atoms with van der Waals surface area (Å²) in [6, 6.07) is -0.0105. The van der Waals surface area contributed by atoms with Gasteiger partial charge in [0, 0.05) is 11.6 Å². The highest BCUT2D eigenvalue weighted by atomic mass is 32.2. The van der Waals surface area contributed by atoms with Gasteiger partial charge < -0.3 is 9.52 Å². The monoisotopic (exact) mass is 301 g/mol. The van der Waals surface area contributed by atoms with Gasteiger partial charge in [-0.2, -0.15) is 0 Å². The van der Waals surface area contributed by atoms with Crippen molar-refractivity contribution in [3.05, 3.63) is 17.1 Å². The molecule has 0 spiro atoms. The van der Waals surface area contributed by atoms with E-state index in [2.05, 4.69) is 4.72 Å². The van der Waals surface area contributed by atoms with Crippen molar-refractivity contribution in [2.24, 2.45) is 0 Å². The molecule has 2 N–H and O–H groups in total. The first-order chi connectivity index (χ1) is 9.45. The van der Waals surface area contributed by atoms with E-state index in [1.54, 1.807) is 13.8 Å². The van der Waals surface area contributed by atoms with Crippen molar-refractivity contribution in [3.8, 4) is 0 Å². The van der Waals surface area contributed by atoms with E-state index in [0.29, 0.717) is 17.1 Å². The van der Waals surface area contributed by atoms with Gasteiger partial charge in [0.05, 0.1) is 6.61 Å². The summed E-state index contributed by atoms with van der Waals surface area (Å²) in [4.78, 5) is 0.113. The molecule has 0 unspecified atom stereocenters. The van der Waals surface area contributed by atoms with Crippen LogP contribution in [0, 0.1) is 13.8 Å². The lowest BCUT2D eigenvalue weighted by Gasteiger charge is -2.16. The average molecular weight is 301 g/mol. The maximum atomic E-state index is 12.5. The fourth-order valence-corrected chi connectivity index (χ4v) is 4.67. The Morgan fingerprint density at radius 2 is 1.75 bits per heavy atom. The van der Waals surface area contributed by atoms with Gasteiger partial charge in [-0.15, -0.1) is 0 Å². The number of aliphatic hydroxyl groups is 1. The highest BCUT2D eigenvalue weighted by Gasteiger charge is 2.28. The van der Waals surface area contributed by atoms with Crippen molar-refractivity contribution < 1.29 is 17.9 Å². The second kappa shape index (κ2) is 6.28. The van der Waals surface area contributed by atoms with Crippen molar-refractivity contribution in [3.63, 3.8) is 0 Å². The van der Waals surface area contributed by atoms with Gasteiger partial charge in [0.2, 0.25) is 10.0 Å². The summed E-state index contributed by atoms with van der Waals surface area (Å²) in [5, 5.41) is 9.37. The molecule has 1 heterocycles. The fourth-order valence-electron chi connectivity index (χ4n) is 2.92. The van der Waals surface area contributed by atoms with Crippen LogP contribution >= 0.6 is 0 Å². The van der Waals surface area contributed by atoms with Crippen molar-refractivity contribution in [1.82, 2.24) is 4.72 Å². The third-order valence-corrected chi connectivity index (χ3v) is 5.64. The topological polar surface area (TPSA) is 79.5 Å². The molecule has 0 bridgehead atoms. The number of hydrogen-bond donors (Lipinski definition) is 2. The molecular weight excluding hydrogens is 278 g/mol. The lowest BCUT2D eigenvalue weighted by molar-refractivity contribution is 0.276. The van der Waals surface area contributed by atoms with E-state index in [1.807, 2.05) is 0 Å². The minimum absolute atomic E-state index is 0.0105. The van der Waals surface area contributed by atoms with Crippen molar-refractivity contribution in [2.75, 3.05) is 0 Å². The minimum atomic E-state index is -3.63. The second-order valence-corrected chi connectivity index (χ2v) is 7.14. The van der Waals surface area contributed by atoms with Gasteiger partial charge in [-0.05, 0) is 26.7 Å². The summed E-state index contributed by atoms with van der Waals surface area (Å²) >= 11 is 0. The summed E-state index contributed by atoms with van der Waals surface area (Å²) < 4.78 is 33.2. The molecule has 5 nitrogen and oxygen atoms in total. The normalized spacial score (nSPS) is 18.1. The highest BCUT2D eigenvalue weighted by Crippen LogP contribution is 2.27. The lowest BCUT2D eigenvalue weighted by Crippen LogP contribution is -2.35. The van der Waals surface area contributed by atoms with Crippen LogP contribution in [-0.4, -0.2) is 19.6 Å². The lowest BCUT2D eigenvalue weighted by atomic mass is 10.1. The molecule has 20 heavy (non-hydrogen) atoms. The average Bonchev–Trinajstić information content (AvgIpc) is 2.54. The molecule has 114 valence electrons. The van der Waals surface area contributed by atoms with Crippen LogP contribution in [0.15, 0.2) is 9.31 Å². The standard InChI is InChI=1S/C14H23NO4S/c1-10-13(9-16)14(11(2)19-10)20(17,18)15-12-7-5-3-4-6-8-12/h12,15-16H,3-9H2,1-2H3. The number of nitrogens with one attached hydrogen (secondary N) is 1. The number of furan rings is 1. The zero-order valence-electron chi connectivity index (χ0n) is 12.1. The molecule has 0 radical (unpaired) electrons. The highest BCUT2D eigenvalue weighted by molar-refractivity contribution is 7.89. The first-order valence-corrected chi connectivity index (χ1v) is 8.66. The third-order valence-electron chi connectivity index (χ3n) is 3.93. The molecule has 1 fully saturated rings. The molecule has 0 aromatic carbocycles. The Hall–Kier alpha value is -0.850. The van der Waals surface area contributed by atoms with Gasteiger partial charge in [-0.3, -0.25) is 0 Å². The SMILES string of the molecule is Cc1oc(C)c(S(=O)(=O)NC2CCCCCC2)c1CO. The van der Waals surface area contributed by atoms with Crippen LogP contribution in [0.4, 0.5) is 0 Å². The van der Waals surface area contributed by atoms with E-state index in [1.165, 1.54) is 12.8 Å². The molecule has 1 aliphatic carbocycles. The van der Waals surface area contributed by atoms with Gasteiger partial charge >= 0.3 is 0 Å². The largest absolute Gasteiger partial charge is 0.465 e. The molecule has 1 aromatic heterocycles. The predicted octanol–water partition coefficient (Wildman–Crippen LogP) is 2.39. The Morgan fingerprint density at radius 1 is 1.15 bits per heavy atom. The van der Waals surface area contributed by atoms with Gasteiger partial charge in [-0.25, -0.2) is 13.1 Å². The van der Waals surface area contributed by atoms with Gasteiger partial charge in [-0.1, -0.05) is 25.7 Å². The Labute approximate surface area is 120 Å².